The average molecular weight is 419 g/mol. The molecule has 0 fully saturated rings. The molecule has 0 aliphatic heterocycles. The Kier molecular flexibility index (Phi) is 6.55. The molecule has 1 amide bonds. The lowest BCUT2D eigenvalue weighted by molar-refractivity contribution is -0.113. The van der Waals surface area contributed by atoms with Crippen LogP contribution in [0.15, 0.2) is 66.3 Å². The van der Waals surface area contributed by atoms with E-state index in [4.69, 9.17) is 23.2 Å². The van der Waals surface area contributed by atoms with E-state index in [-0.39, 0.29) is 11.7 Å². The topological polar surface area (TPSA) is 59.8 Å². The van der Waals surface area contributed by atoms with Crippen molar-refractivity contribution >= 4 is 46.6 Å². The van der Waals surface area contributed by atoms with Gasteiger partial charge in [0.1, 0.15) is 0 Å². The molecular weight excluding hydrogens is 403 g/mol. The molecule has 0 saturated carbocycles. The highest BCUT2D eigenvalue weighted by atomic mass is 35.5. The number of hydrogen-bond donors (Lipinski definition) is 1. The van der Waals surface area contributed by atoms with Crippen molar-refractivity contribution in [3.8, 4) is 11.4 Å². The Hall–Kier alpha value is -2.28. The van der Waals surface area contributed by atoms with Gasteiger partial charge in [-0.3, -0.25) is 9.36 Å². The minimum atomic E-state index is -0.120. The van der Waals surface area contributed by atoms with Crippen LogP contribution in [0.4, 0.5) is 5.69 Å². The van der Waals surface area contributed by atoms with Crippen LogP contribution in [0.25, 0.3) is 11.4 Å². The molecule has 0 bridgehead atoms. The van der Waals surface area contributed by atoms with Crippen LogP contribution in [-0.4, -0.2) is 26.4 Å². The molecule has 1 heterocycles. The molecule has 0 aliphatic rings. The fourth-order valence-electron chi connectivity index (χ4n) is 2.41. The van der Waals surface area contributed by atoms with Crippen LogP contribution in [0.5, 0.6) is 0 Å². The third kappa shape index (κ3) is 4.91. The second kappa shape index (κ2) is 9.08. The number of carbonyl (C=O) groups excluding carboxylic acids is 1. The molecule has 3 aromatic rings. The summed E-state index contributed by atoms with van der Waals surface area (Å²) in [5, 5.41) is 12.9. The Balaban J connectivity index is 1.77. The van der Waals surface area contributed by atoms with E-state index in [1.165, 1.54) is 11.8 Å². The maximum atomic E-state index is 12.2. The van der Waals surface area contributed by atoms with Gasteiger partial charge in [0.25, 0.3) is 0 Å². The zero-order valence-electron chi connectivity index (χ0n) is 14.2. The van der Waals surface area contributed by atoms with Crippen molar-refractivity contribution in [2.24, 2.45) is 0 Å². The number of carbonyl (C=O) groups is 1. The molecule has 0 aliphatic carbocycles. The van der Waals surface area contributed by atoms with Crippen LogP contribution in [0.3, 0.4) is 0 Å². The fraction of sp³-hybridized carbons (Fsp3) is 0.105. The molecule has 8 heteroatoms. The lowest BCUT2D eigenvalue weighted by Gasteiger charge is -2.09. The number of nitrogens with one attached hydrogen (secondary N) is 1. The summed E-state index contributed by atoms with van der Waals surface area (Å²) in [4.78, 5) is 12.2. The van der Waals surface area contributed by atoms with Crippen molar-refractivity contribution in [3.05, 3.63) is 71.2 Å². The first-order valence-electron chi connectivity index (χ1n) is 8.05. The third-order valence-electron chi connectivity index (χ3n) is 3.59. The van der Waals surface area contributed by atoms with E-state index in [1.54, 1.807) is 24.3 Å². The van der Waals surface area contributed by atoms with Gasteiger partial charge in [-0.1, -0.05) is 59.2 Å². The van der Waals surface area contributed by atoms with Gasteiger partial charge >= 0.3 is 0 Å². The van der Waals surface area contributed by atoms with Gasteiger partial charge in [0.15, 0.2) is 11.0 Å². The number of amides is 1. The normalized spacial score (nSPS) is 10.6. The number of allylic oxidation sites excluding steroid dienone is 1. The molecule has 138 valence electrons. The second-order valence-electron chi connectivity index (χ2n) is 5.53. The number of benzene rings is 2. The quantitative estimate of drug-likeness (QED) is 0.424. The van der Waals surface area contributed by atoms with Crippen molar-refractivity contribution < 1.29 is 4.79 Å². The number of halogens is 2. The highest BCUT2D eigenvalue weighted by molar-refractivity contribution is 7.99. The molecule has 0 atom stereocenters. The van der Waals surface area contributed by atoms with Crippen molar-refractivity contribution in [1.82, 2.24) is 14.8 Å². The Bertz CT molecular complexity index is 960. The van der Waals surface area contributed by atoms with E-state index in [0.717, 1.165) is 11.3 Å². The van der Waals surface area contributed by atoms with Gasteiger partial charge in [0.2, 0.25) is 5.91 Å². The van der Waals surface area contributed by atoms with Gasteiger partial charge in [0.05, 0.1) is 10.8 Å². The van der Waals surface area contributed by atoms with Crippen molar-refractivity contribution in [1.29, 1.82) is 0 Å². The zero-order chi connectivity index (χ0) is 19.2. The highest BCUT2D eigenvalue weighted by Gasteiger charge is 2.17. The Labute approximate surface area is 171 Å². The second-order valence-corrected chi connectivity index (χ2v) is 7.32. The number of nitrogens with zero attached hydrogens (tertiary/aromatic N) is 3. The molecule has 3 rings (SSSR count). The van der Waals surface area contributed by atoms with E-state index in [2.05, 4.69) is 22.1 Å². The van der Waals surface area contributed by atoms with E-state index in [0.29, 0.717) is 27.6 Å². The summed E-state index contributed by atoms with van der Waals surface area (Å²) in [6.07, 6.45) is 1.74. The van der Waals surface area contributed by atoms with Crippen molar-refractivity contribution in [2.45, 2.75) is 11.7 Å². The maximum Gasteiger partial charge on any atom is 0.234 e. The number of rotatable bonds is 7. The fourth-order valence-corrected chi connectivity index (χ4v) is 3.65. The van der Waals surface area contributed by atoms with Gasteiger partial charge in [-0.15, -0.1) is 16.8 Å². The lowest BCUT2D eigenvalue weighted by atomic mass is 10.2. The summed E-state index contributed by atoms with van der Waals surface area (Å²) in [7, 11) is 0. The summed E-state index contributed by atoms with van der Waals surface area (Å²) in [6, 6.07) is 14.5. The predicted molar refractivity (Wildman–Crippen MR) is 111 cm³/mol. The molecule has 0 spiro atoms. The molecule has 1 aromatic heterocycles. The van der Waals surface area contributed by atoms with Crippen molar-refractivity contribution in [2.75, 3.05) is 11.1 Å². The molecule has 2 aromatic carbocycles. The van der Waals surface area contributed by atoms with Crippen molar-refractivity contribution in [3.63, 3.8) is 0 Å². The molecule has 5 nitrogen and oxygen atoms in total. The number of aromatic nitrogens is 3. The standard InChI is InChI=1S/C19H16Cl2N4OS/c1-2-10-25-18(15-9-8-13(20)11-16(15)21)23-24-19(25)27-12-17(26)22-14-6-4-3-5-7-14/h2-9,11H,1,10,12H2,(H,22,26). The first-order valence-corrected chi connectivity index (χ1v) is 9.80. The molecule has 0 unspecified atom stereocenters. The highest BCUT2D eigenvalue weighted by Crippen LogP contribution is 2.31. The minimum Gasteiger partial charge on any atom is -0.325 e. The van der Waals surface area contributed by atoms with Gasteiger partial charge in [0, 0.05) is 22.8 Å². The molecule has 0 saturated heterocycles. The summed E-state index contributed by atoms with van der Waals surface area (Å²) in [6.45, 7) is 4.27. The number of thioether (sulfide) groups is 1. The van der Waals surface area contributed by atoms with E-state index in [1.807, 2.05) is 34.9 Å². The van der Waals surface area contributed by atoms with Crippen LogP contribution in [-0.2, 0) is 11.3 Å². The minimum absolute atomic E-state index is 0.120. The van der Waals surface area contributed by atoms with Gasteiger partial charge < -0.3 is 5.32 Å². The molecule has 0 radical (unpaired) electrons. The van der Waals surface area contributed by atoms with E-state index < -0.39 is 0 Å². The molecule has 1 N–H and O–H groups in total. The van der Waals surface area contributed by atoms with Crippen LogP contribution in [0.2, 0.25) is 10.0 Å². The predicted octanol–water partition coefficient (Wildman–Crippen LogP) is 5.17. The Morgan fingerprint density at radius 1 is 1.19 bits per heavy atom. The largest absolute Gasteiger partial charge is 0.325 e. The molecule has 27 heavy (non-hydrogen) atoms. The first-order chi connectivity index (χ1) is 13.1. The lowest BCUT2D eigenvalue weighted by Crippen LogP contribution is -2.14. The Morgan fingerprint density at radius 3 is 2.67 bits per heavy atom. The van der Waals surface area contributed by atoms with Crippen LogP contribution in [0.1, 0.15) is 0 Å². The summed E-state index contributed by atoms with van der Waals surface area (Å²) >= 11 is 13.6. The van der Waals surface area contributed by atoms with Gasteiger partial charge in [-0.25, -0.2) is 0 Å². The van der Waals surface area contributed by atoms with E-state index in [9.17, 15) is 4.79 Å². The van der Waals surface area contributed by atoms with Gasteiger partial charge in [-0.05, 0) is 30.3 Å². The zero-order valence-corrected chi connectivity index (χ0v) is 16.6. The smallest absolute Gasteiger partial charge is 0.234 e. The summed E-state index contributed by atoms with van der Waals surface area (Å²) in [5.41, 5.74) is 1.47. The first kappa shape index (κ1) is 19.5. The average Bonchev–Trinajstić information content (AvgIpc) is 3.04. The van der Waals surface area contributed by atoms with Crippen LogP contribution in [0, 0.1) is 0 Å². The third-order valence-corrected chi connectivity index (χ3v) is 5.11. The summed E-state index contributed by atoms with van der Waals surface area (Å²) < 4.78 is 1.86. The number of anilines is 1. The monoisotopic (exact) mass is 418 g/mol. The van der Waals surface area contributed by atoms with Gasteiger partial charge in [-0.2, -0.15) is 0 Å². The summed E-state index contributed by atoms with van der Waals surface area (Å²) in [5.74, 6) is 0.686. The van der Waals surface area contributed by atoms with Crippen LogP contribution < -0.4 is 5.32 Å². The number of para-hydroxylation sites is 1. The number of hydrogen-bond acceptors (Lipinski definition) is 4. The SMILES string of the molecule is C=CCn1c(SCC(=O)Nc2ccccc2)nnc1-c1ccc(Cl)cc1Cl. The van der Waals surface area contributed by atoms with E-state index >= 15 is 0 Å². The molecular formula is C19H16Cl2N4OS. The Morgan fingerprint density at radius 2 is 1.96 bits per heavy atom. The van der Waals surface area contributed by atoms with Crippen LogP contribution >= 0.6 is 35.0 Å². The maximum absolute atomic E-state index is 12.2.